The molecule has 110 valence electrons. The van der Waals surface area contributed by atoms with Gasteiger partial charge in [-0.15, -0.1) is 0 Å². The van der Waals surface area contributed by atoms with Gasteiger partial charge < -0.3 is 5.11 Å². The van der Waals surface area contributed by atoms with Crippen molar-refractivity contribution in [2.75, 3.05) is 0 Å². The number of carboxylic acid groups (broad SMARTS) is 1. The number of benzene rings is 1. The quantitative estimate of drug-likeness (QED) is 0.916. The third-order valence-corrected chi connectivity index (χ3v) is 3.54. The van der Waals surface area contributed by atoms with Crippen molar-refractivity contribution in [1.82, 2.24) is 9.97 Å². The summed E-state index contributed by atoms with van der Waals surface area (Å²) in [6.45, 7) is 5.90. The largest absolute Gasteiger partial charge is 0.481 e. The van der Waals surface area contributed by atoms with E-state index in [1.165, 1.54) is 11.1 Å². The van der Waals surface area contributed by atoms with E-state index < -0.39 is 5.97 Å². The molecule has 1 aromatic carbocycles. The lowest BCUT2D eigenvalue weighted by atomic mass is 10.1. The van der Waals surface area contributed by atoms with Crippen LogP contribution >= 0.6 is 0 Å². The van der Waals surface area contributed by atoms with E-state index in [2.05, 4.69) is 41.2 Å². The average Bonchev–Trinajstić information content (AvgIpc) is 2.40. The summed E-state index contributed by atoms with van der Waals surface area (Å²) in [4.78, 5) is 19.7. The number of rotatable bonds is 5. The Morgan fingerprint density at radius 1 is 1.05 bits per heavy atom. The van der Waals surface area contributed by atoms with E-state index in [0.717, 1.165) is 22.8 Å². The molecule has 0 aliphatic rings. The van der Waals surface area contributed by atoms with Crippen LogP contribution in [-0.2, 0) is 17.6 Å². The van der Waals surface area contributed by atoms with Crippen molar-refractivity contribution in [2.24, 2.45) is 0 Å². The number of aryl methyl sites for hydroxylation is 3. The minimum Gasteiger partial charge on any atom is -0.481 e. The summed E-state index contributed by atoms with van der Waals surface area (Å²) in [5.74, 6) is -0.00883. The molecule has 1 aromatic heterocycles. The van der Waals surface area contributed by atoms with Crippen LogP contribution in [0, 0.1) is 20.8 Å². The van der Waals surface area contributed by atoms with Crippen molar-refractivity contribution in [2.45, 2.75) is 40.0 Å². The van der Waals surface area contributed by atoms with E-state index in [1.807, 2.05) is 13.8 Å². The lowest BCUT2D eigenvalue weighted by molar-refractivity contribution is -0.136. The molecule has 0 atom stereocenters. The summed E-state index contributed by atoms with van der Waals surface area (Å²) in [6.07, 6.45) is 1.29. The van der Waals surface area contributed by atoms with Crippen molar-refractivity contribution >= 4 is 5.97 Å². The Bertz CT molecular complexity index is 625. The van der Waals surface area contributed by atoms with Crippen molar-refractivity contribution in [3.63, 3.8) is 0 Å². The Kier molecular flexibility index (Phi) is 4.68. The first-order chi connectivity index (χ1) is 9.95. The van der Waals surface area contributed by atoms with Crippen LogP contribution in [0.2, 0.25) is 0 Å². The maximum atomic E-state index is 10.7. The normalized spacial score (nSPS) is 10.6. The summed E-state index contributed by atoms with van der Waals surface area (Å²) in [5, 5.41) is 8.79. The third kappa shape index (κ3) is 4.12. The first-order valence-electron chi connectivity index (χ1n) is 7.06. The second-order valence-electron chi connectivity index (χ2n) is 5.35. The van der Waals surface area contributed by atoms with Gasteiger partial charge in [0, 0.05) is 24.2 Å². The molecular weight excluding hydrogens is 264 g/mol. The van der Waals surface area contributed by atoms with Gasteiger partial charge in [-0.1, -0.05) is 29.8 Å². The standard InChI is InChI=1S/C17H20N2O2/c1-11-4-6-14(7-5-11)10-16-18-12(2)15(13(3)19-16)8-9-17(20)21/h4-7H,8-10H2,1-3H3,(H,20,21). The molecule has 4 heteroatoms. The molecule has 0 saturated heterocycles. The summed E-state index contributed by atoms with van der Waals surface area (Å²) in [6, 6.07) is 8.33. The third-order valence-electron chi connectivity index (χ3n) is 3.54. The molecule has 0 bridgehead atoms. The van der Waals surface area contributed by atoms with Crippen LogP contribution in [0.1, 0.15) is 40.3 Å². The molecule has 0 spiro atoms. The smallest absolute Gasteiger partial charge is 0.303 e. The fraction of sp³-hybridized carbons (Fsp3) is 0.353. The Morgan fingerprint density at radius 2 is 1.62 bits per heavy atom. The number of hydrogen-bond donors (Lipinski definition) is 1. The van der Waals surface area contributed by atoms with Gasteiger partial charge in [-0.25, -0.2) is 9.97 Å². The topological polar surface area (TPSA) is 63.1 Å². The van der Waals surface area contributed by atoms with Crippen LogP contribution in [0.5, 0.6) is 0 Å². The molecule has 0 amide bonds. The number of carbonyl (C=O) groups is 1. The molecule has 0 fully saturated rings. The number of aliphatic carboxylic acids is 1. The van der Waals surface area contributed by atoms with Crippen LogP contribution in [0.25, 0.3) is 0 Å². The molecule has 0 aliphatic heterocycles. The second-order valence-corrected chi connectivity index (χ2v) is 5.35. The van der Waals surface area contributed by atoms with Gasteiger partial charge in [0.15, 0.2) is 0 Å². The van der Waals surface area contributed by atoms with Gasteiger partial charge in [0.2, 0.25) is 0 Å². The van der Waals surface area contributed by atoms with Gasteiger partial charge >= 0.3 is 5.97 Å². The van der Waals surface area contributed by atoms with E-state index in [9.17, 15) is 4.79 Å². The fourth-order valence-corrected chi connectivity index (χ4v) is 2.37. The molecule has 0 saturated carbocycles. The van der Waals surface area contributed by atoms with Gasteiger partial charge in [0.1, 0.15) is 5.82 Å². The minimum absolute atomic E-state index is 0.113. The van der Waals surface area contributed by atoms with Gasteiger partial charge in [-0.2, -0.15) is 0 Å². The van der Waals surface area contributed by atoms with Gasteiger partial charge in [0.05, 0.1) is 0 Å². The van der Waals surface area contributed by atoms with Crippen LogP contribution in [0.15, 0.2) is 24.3 Å². The lowest BCUT2D eigenvalue weighted by Crippen LogP contribution is -2.08. The number of carboxylic acids is 1. The fourth-order valence-electron chi connectivity index (χ4n) is 2.37. The maximum Gasteiger partial charge on any atom is 0.303 e. The van der Waals surface area contributed by atoms with E-state index >= 15 is 0 Å². The summed E-state index contributed by atoms with van der Waals surface area (Å²) in [7, 11) is 0. The molecule has 2 rings (SSSR count). The molecule has 0 radical (unpaired) electrons. The average molecular weight is 284 g/mol. The minimum atomic E-state index is -0.794. The number of hydrogen-bond acceptors (Lipinski definition) is 3. The van der Waals surface area contributed by atoms with Gasteiger partial charge in [-0.05, 0) is 38.3 Å². The highest BCUT2D eigenvalue weighted by Crippen LogP contribution is 2.15. The molecule has 1 N–H and O–H groups in total. The SMILES string of the molecule is Cc1ccc(Cc2nc(C)c(CCC(=O)O)c(C)n2)cc1. The highest BCUT2D eigenvalue weighted by molar-refractivity contribution is 5.67. The van der Waals surface area contributed by atoms with Crippen molar-refractivity contribution < 1.29 is 9.90 Å². The maximum absolute atomic E-state index is 10.7. The van der Waals surface area contributed by atoms with Crippen LogP contribution in [-0.4, -0.2) is 21.0 Å². The predicted molar refractivity (Wildman–Crippen MR) is 81.4 cm³/mol. The van der Waals surface area contributed by atoms with Crippen LogP contribution < -0.4 is 0 Å². The van der Waals surface area contributed by atoms with Crippen molar-refractivity contribution in [3.05, 3.63) is 58.2 Å². The van der Waals surface area contributed by atoms with E-state index in [4.69, 9.17) is 5.11 Å². The van der Waals surface area contributed by atoms with Crippen molar-refractivity contribution in [1.29, 1.82) is 0 Å². The molecule has 0 aliphatic carbocycles. The molecule has 2 aromatic rings. The predicted octanol–water partition coefficient (Wildman–Crippen LogP) is 3.01. The Morgan fingerprint density at radius 3 is 2.14 bits per heavy atom. The van der Waals surface area contributed by atoms with Crippen LogP contribution in [0.4, 0.5) is 0 Å². The highest BCUT2D eigenvalue weighted by atomic mass is 16.4. The molecule has 0 unspecified atom stereocenters. The summed E-state index contributed by atoms with van der Waals surface area (Å²) >= 11 is 0. The molecule has 1 heterocycles. The first-order valence-corrected chi connectivity index (χ1v) is 7.06. The number of nitrogens with zero attached hydrogens (tertiary/aromatic N) is 2. The molecule has 4 nitrogen and oxygen atoms in total. The van der Waals surface area contributed by atoms with Gasteiger partial charge in [-0.3, -0.25) is 4.79 Å². The van der Waals surface area contributed by atoms with Crippen LogP contribution in [0.3, 0.4) is 0 Å². The summed E-state index contributed by atoms with van der Waals surface area (Å²) in [5.41, 5.74) is 5.12. The zero-order chi connectivity index (χ0) is 15.4. The Hall–Kier alpha value is -2.23. The zero-order valence-electron chi connectivity index (χ0n) is 12.7. The molecule has 21 heavy (non-hydrogen) atoms. The zero-order valence-corrected chi connectivity index (χ0v) is 12.7. The van der Waals surface area contributed by atoms with E-state index in [0.29, 0.717) is 12.8 Å². The first kappa shape index (κ1) is 15.2. The Balaban J connectivity index is 2.18. The molecular formula is C17H20N2O2. The Labute approximate surface area is 124 Å². The monoisotopic (exact) mass is 284 g/mol. The van der Waals surface area contributed by atoms with Crippen molar-refractivity contribution in [3.8, 4) is 0 Å². The second kappa shape index (κ2) is 6.48. The highest BCUT2D eigenvalue weighted by Gasteiger charge is 2.10. The van der Waals surface area contributed by atoms with E-state index in [1.54, 1.807) is 0 Å². The lowest BCUT2D eigenvalue weighted by Gasteiger charge is -2.10. The number of aromatic nitrogens is 2. The van der Waals surface area contributed by atoms with Gasteiger partial charge in [0.25, 0.3) is 0 Å². The summed E-state index contributed by atoms with van der Waals surface area (Å²) < 4.78 is 0. The van der Waals surface area contributed by atoms with E-state index in [-0.39, 0.29) is 6.42 Å².